The lowest BCUT2D eigenvalue weighted by atomic mass is 9.72. The Bertz CT molecular complexity index is 1110. The molecule has 47 heavy (non-hydrogen) atoms. The van der Waals surface area contributed by atoms with Gasteiger partial charge in [-0.3, -0.25) is 9.59 Å². The van der Waals surface area contributed by atoms with Crippen LogP contribution in [0.25, 0.3) is 0 Å². The van der Waals surface area contributed by atoms with Crippen LogP contribution in [0.4, 0.5) is 0 Å². The predicted molar refractivity (Wildman–Crippen MR) is 182 cm³/mol. The summed E-state index contributed by atoms with van der Waals surface area (Å²) in [6, 6.07) is 5.79. The number of hydrogen-bond donors (Lipinski definition) is 2. The number of rotatable bonds is 15. The van der Waals surface area contributed by atoms with Crippen LogP contribution in [0.3, 0.4) is 0 Å². The summed E-state index contributed by atoms with van der Waals surface area (Å²) in [4.78, 5) is 50.8. The van der Waals surface area contributed by atoms with Crippen molar-refractivity contribution < 1.29 is 48.3 Å². The zero-order chi connectivity index (χ0) is 36.6. The molecule has 4 unspecified atom stereocenters. The maximum atomic E-state index is 12.8. The fraction of sp³-hybridized carbons (Fsp3) is 0.730. The first-order chi connectivity index (χ1) is 21.6. The van der Waals surface area contributed by atoms with Crippen molar-refractivity contribution in [2.24, 2.45) is 28.1 Å². The molecule has 0 amide bonds. The molecule has 0 aliphatic rings. The molecule has 270 valence electrons. The van der Waals surface area contributed by atoms with E-state index in [1.54, 1.807) is 0 Å². The van der Waals surface area contributed by atoms with Crippen LogP contribution in [0.1, 0.15) is 129 Å². The number of benzene rings is 1. The molecule has 4 atom stereocenters. The number of carbonyl (C=O) groups excluding carboxylic acids is 4. The monoisotopic (exact) mass is 666 g/mol. The van der Waals surface area contributed by atoms with E-state index in [4.69, 9.17) is 18.9 Å². The fourth-order valence-corrected chi connectivity index (χ4v) is 4.54. The minimum absolute atomic E-state index is 0.103. The van der Waals surface area contributed by atoms with Gasteiger partial charge < -0.3 is 29.2 Å². The summed E-state index contributed by atoms with van der Waals surface area (Å²) in [5.74, 6) is -3.35. The smallest absolute Gasteiger partial charge is 0.339 e. The van der Waals surface area contributed by atoms with Crippen LogP contribution >= 0.6 is 0 Å². The minimum Gasteiger partial charge on any atom is -0.463 e. The highest BCUT2D eigenvalue weighted by Crippen LogP contribution is 2.37. The molecule has 0 saturated heterocycles. The van der Waals surface area contributed by atoms with Gasteiger partial charge in [-0.15, -0.1) is 0 Å². The van der Waals surface area contributed by atoms with Gasteiger partial charge in [-0.25, -0.2) is 9.59 Å². The zero-order valence-corrected chi connectivity index (χ0v) is 30.9. The van der Waals surface area contributed by atoms with Gasteiger partial charge in [0.15, 0.2) is 0 Å². The van der Waals surface area contributed by atoms with Gasteiger partial charge in [0.1, 0.15) is 38.6 Å². The molecule has 2 N–H and O–H groups in total. The Morgan fingerprint density at radius 3 is 1.28 bits per heavy atom. The van der Waals surface area contributed by atoms with Gasteiger partial charge in [-0.2, -0.15) is 0 Å². The molecule has 1 aromatic carbocycles. The van der Waals surface area contributed by atoms with Crippen molar-refractivity contribution in [3.8, 4) is 0 Å². The standard InChI is InChI=1S/C34H54O10.C3H8/c1-11-14-26(33(5,6)7)30(39)43-20-22(35)18-41-28(37)24-15-12-13-16-25(24)29(38)42-19-23(36)21-44-31(40)27(34(8,9)10)17-32(2,3)4;1-3-2/h12-13,15-16,22-23,26-27,35-36H,11,14,17-21H2,1-10H3;3H2,1-2H3. The molecule has 0 bridgehead atoms. The number of hydrogen-bond acceptors (Lipinski definition) is 10. The van der Waals surface area contributed by atoms with Gasteiger partial charge >= 0.3 is 23.9 Å². The minimum atomic E-state index is -1.27. The second-order valence-electron chi connectivity index (χ2n) is 15.4. The van der Waals surface area contributed by atoms with E-state index in [2.05, 4.69) is 13.8 Å². The maximum Gasteiger partial charge on any atom is 0.339 e. The quantitative estimate of drug-likeness (QED) is 0.152. The summed E-state index contributed by atoms with van der Waals surface area (Å²) >= 11 is 0. The maximum absolute atomic E-state index is 12.8. The molecule has 0 saturated carbocycles. The molecule has 0 aliphatic heterocycles. The normalized spacial score (nSPS) is 14.4. The average molecular weight is 667 g/mol. The predicted octanol–water partition coefficient (Wildman–Crippen LogP) is 6.79. The van der Waals surface area contributed by atoms with E-state index in [1.165, 1.54) is 30.7 Å². The fourth-order valence-electron chi connectivity index (χ4n) is 4.54. The summed E-state index contributed by atoms with van der Waals surface area (Å²) < 4.78 is 21.0. The topological polar surface area (TPSA) is 146 Å². The third-order valence-corrected chi connectivity index (χ3v) is 7.07. The average Bonchev–Trinajstić information content (AvgIpc) is 2.96. The van der Waals surface area contributed by atoms with Crippen LogP contribution in [0.2, 0.25) is 0 Å². The van der Waals surface area contributed by atoms with E-state index in [1.807, 2.05) is 69.2 Å². The number of ether oxygens (including phenoxy) is 4. The molecular formula is C37H62O10. The van der Waals surface area contributed by atoms with Crippen molar-refractivity contribution in [3.05, 3.63) is 35.4 Å². The van der Waals surface area contributed by atoms with E-state index in [9.17, 15) is 29.4 Å². The molecule has 1 aromatic rings. The molecule has 0 aliphatic carbocycles. The molecule has 10 heteroatoms. The third-order valence-electron chi connectivity index (χ3n) is 7.07. The highest BCUT2D eigenvalue weighted by molar-refractivity contribution is 6.03. The van der Waals surface area contributed by atoms with Crippen molar-refractivity contribution in [2.45, 2.75) is 121 Å². The lowest BCUT2D eigenvalue weighted by Crippen LogP contribution is -2.35. The van der Waals surface area contributed by atoms with E-state index in [0.717, 1.165) is 6.42 Å². The Balaban J connectivity index is 0.00000677. The van der Waals surface area contributed by atoms with E-state index >= 15 is 0 Å². The number of aliphatic hydroxyl groups is 2. The molecular weight excluding hydrogens is 604 g/mol. The molecule has 0 spiro atoms. The SMILES string of the molecule is CCC.CCCC(C(=O)OCC(O)COC(=O)c1ccccc1C(=O)OCC(O)COC(=O)C(CC(C)(C)C)C(C)(C)C)C(C)(C)C. The first-order valence-electron chi connectivity index (χ1n) is 16.7. The number of esters is 4. The van der Waals surface area contributed by atoms with Crippen LogP contribution in [-0.2, 0) is 28.5 Å². The first kappa shape index (κ1) is 44.0. The van der Waals surface area contributed by atoms with Gasteiger partial charge in [0.2, 0.25) is 0 Å². The number of aliphatic hydroxyl groups excluding tert-OH is 2. The Morgan fingerprint density at radius 2 is 0.957 bits per heavy atom. The lowest BCUT2D eigenvalue weighted by molar-refractivity contribution is -0.158. The second-order valence-corrected chi connectivity index (χ2v) is 15.4. The summed E-state index contributed by atoms with van der Waals surface area (Å²) in [5.41, 5.74) is -0.953. The van der Waals surface area contributed by atoms with Gasteiger partial charge in [-0.05, 0) is 41.2 Å². The van der Waals surface area contributed by atoms with Crippen molar-refractivity contribution in [2.75, 3.05) is 26.4 Å². The van der Waals surface area contributed by atoms with Gasteiger partial charge in [0, 0.05) is 0 Å². The Kier molecular flexibility index (Phi) is 19.1. The van der Waals surface area contributed by atoms with Crippen molar-refractivity contribution in [3.63, 3.8) is 0 Å². The van der Waals surface area contributed by atoms with Crippen LogP contribution in [0.15, 0.2) is 24.3 Å². The van der Waals surface area contributed by atoms with E-state index in [0.29, 0.717) is 12.8 Å². The first-order valence-corrected chi connectivity index (χ1v) is 16.7. The second kappa shape index (κ2) is 20.4. The zero-order valence-electron chi connectivity index (χ0n) is 30.9. The summed E-state index contributed by atoms with van der Waals surface area (Å²) in [7, 11) is 0. The lowest BCUT2D eigenvalue weighted by Gasteiger charge is -2.34. The summed E-state index contributed by atoms with van der Waals surface area (Å²) in [6.45, 7) is 22.4. The highest BCUT2D eigenvalue weighted by Gasteiger charge is 2.36. The molecule has 1 rings (SSSR count). The van der Waals surface area contributed by atoms with Crippen LogP contribution in [0, 0.1) is 28.1 Å². The van der Waals surface area contributed by atoms with E-state index in [-0.39, 0.29) is 52.4 Å². The van der Waals surface area contributed by atoms with Gasteiger partial charge in [0.05, 0.1) is 23.0 Å². The van der Waals surface area contributed by atoms with Crippen LogP contribution in [-0.4, -0.2) is 72.7 Å². The molecule has 0 heterocycles. The summed E-state index contributed by atoms with van der Waals surface area (Å²) in [6.07, 6.45) is 0.777. The van der Waals surface area contributed by atoms with Crippen LogP contribution < -0.4 is 0 Å². The molecule has 0 fully saturated rings. The van der Waals surface area contributed by atoms with E-state index < -0.39 is 49.3 Å². The highest BCUT2D eigenvalue weighted by atomic mass is 16.6. The van der Waals surface area contributed by atoms with Gasteiger partial charge in [0.25, 0.3) is 0 Å². The number of carbonyl (C=O) groups is 4. The Morgan fingerprint density at radius 1 is 0.617 bits per heavy atom. The molecule has 0 radical (unpaired) electrons. The summed E-state index contributed by atoms with van der Waals surface area (Å²) in [5, 5.41) is 20.6. The van der Waals surface area contributed by atoms with Crippen LogP contribution in [0.5, 0.6) is 0 Å². The third kappa shape index (κ3) is 17.7. The van der Waals surface area contributed by atoms with Crippen molar-refractivity contribution >= 4 is 23.9 Å². The Hall–Kier alpha value is -2.98. The van der Waals surface area contributed by atoms with Crippen molar-refractivity contribution in [1.29, 1.82) is 0 Å². The molecule has 10 nitrogen and oxygen atoms in total. The Labute approximate surface area is 282 Å². The molecule has 0 aromatic heterocycles. The largest absolute Gasteiger partial charge is 0.463 e. The van der Waals surface area contributed by atoms with Gasteiger partial charge in [-0.1, -0.05) is 108 Å². The van der Waals surface area contributed by atoms with Crippen molar-refractivity contribution in [1.82, 2.24) is 0 Å².